The van der Waals surface area contributed by atoms with E-state index in [0.717, 1.165) is 12.8 Å². The predicted octanol–water partition coefficient (Wildman–Crippen LogP) is 5.59. The number of fused-ring (bicyclic) bond motifs is 1. The van der Waals surface area contributed by atoms with E-state index in [-0.39, 0.29) is 35.9 Å². The number of carbonyl (C=O) groups excluding carboxylic acids is 2. The van der Waals surface area contributed by atoms with Gasteiger partial charge >= 0.3 is 0 Å². The number of nitrogens with zero attached hydrogens (tertiary/aromatic N) is 2. The lowest BCUT2D eigenvalue weighted by molar-refractivity contribution is -0.144. The summed E-state index contributed by atoms with van der Waals surface area (Å²) in [7, 11) is 0. The first-order valence-corrected chi connectivity index (χ1v) is 12.2. The van der Waals surface area contributed by atoms with Gasteiger partial charge in [0.25, 0.3) is 0 Å². The van der Waals surface area contributed by atoms with Gasteiger partial charge in [-0.15, -0.1) is 11.3 Å². The largest absolute Gasteiger partial charge is 0.331 e. The molecule has 1 aliphatic heterocycles. The molecule has 0 saturated heterocycles. The van der Waals surface area contributed by atoms with E-state index in [1.165, 1.54) is 21.6 Å². The van der Waals surface area contributed by atoms with Crippen LogP contribution in [0.1, 0.15) is 75.1 Å². The second-order valence-corrected chi connectivity index (χ2v) is 10.9. The zero-order valence-corrected chi connectivity index (χ0v) is 20.6. The van der Waals surface area contributed by atoms with Gasteiger partial charge in [-0.3, -0.25) is 9.59 Å². The number of hydrogen-bond acceptors (Lipinski definition) is 3. The molecular formula is C26H36N2O2S. The Morgan fingerprint density at radius 2 is 1.90 bits per heavy atom. The summed E-state index contributed by atoms with van der Waals surface area (Å²) < 4.78 is 0. The normalized spacial score (nSPS) is 17.2. The Morgan fingerprint density at radius 3 is 2.55 bits per heavy atom. The van der Waals surface area contributed by atoms with Gasteiger partial charge in [0.1, 0.15) is 6.54 Å². The van der Waals surface area contributed by atoms with Gasteiger partial charge in [0.2, 0.25) is 11.8 Å². The highest BCUT2D eigenvalue weighted by Gasteiger charge is 2.35. The molecule has 31 heavy (non-hydrogen) atoms. The summed E-state index contributed by atoms with van der Waals surface area (Å²) in [6.45, 7) is 13.3. The zero-order valence-electron chi connectivity index (χ0n) is 19.8. The molecule has 0 fully saturated rings. The Kier molecular flexibility index (Phi) is 7.25. The van der Waals surface area contributed by atoms with E-state index in [9.17, 15) is 9.59 Å². The Labute approximate surface area is 191 Å². The number of aryl methyl sites for hydroxylation is 1. The molecule has 3 rings (SSSR count). The fourth-order valence-corrected chi connectivity index (χ4v) is 5.22. The summed E-state index contributed by atoms with van der Waals surface area (Å²) >= 11 is 1.77. The maximum Gasteiger partial charge on any atom is 0.243 e. The van der Waals surface area contributed by atoms with E-state index < -0.39 is 0 Å². The molecule has 2 atom stereocenters. The smallest absolute Gasteiger partial charge is 0.243 e. The van der Waals surface area contributed by atoms with Crippen molar-refractivity contribution < 1.29 is 9.59 Å². The second-order valence-electron chi connectivity index (χ2n) is 9.91. The lowest BCUT2D eigenvalue weighted by atomic mass is 9.90. The molecule has 0 bridgehead atoms. The molecule has 168 valence electrons. The molecule has 0 N–H and O–H groups in total. The van der Waals surface area contributed by atoms with Crippen LogP contribution in [-0.4, -0.2) is 40.7 Å². The lowest BCUT2D eigenvalue weighted by Crippen LogP contribution is -2.49. The first-order valence-electron chi connectivity index (χ1n) is 11.3. The highest BCUT2D eigenvalue weighted by atomic mass is 32.1. The number of hydrogen-bond donors (Lipinski definition) is 0. The van der Waals surface area contributed by atoms with Crippen LogP contribution in [0.4, 0.5) is 0 Å². The Morgan fingerprint density at radius 1 is 1.19 bits per heavy atom. The second kappa shape index (κ2) is 9.56. The van der Waals surface area contributed by atoms with Crippen molar-refractivity contribution in [3.05, 3.63) is 57.3 Å². The number of amides is 2. The van der Waals surface area contributed by atoms with Crippen LogP contribution in [0.25, 0.3) is 0 Å². The molecule has 5 heteroatoms. The average Bonchev–Trinajstić information content (AvgIpc) is 3.18. The van der Waals surface area contributed by atoms with Gasteiger partial charge < -0.3 is 9.80 Å². The van der Waals surface area contributed by atoms with Crippen LogP contribution in [0.15, 0.2) is 35.7 Å². The van der Waals surface area contributed by atoms with Crippen LogP contribution in [0, 0.1) is 12.3 Å². The maximum atomic E-state index is 13.7. The predicted molar refractivity (Wildman–Crippen MR) is 128 cm³/mol. The quantitative estimate of drug-likeness (QED) is 0.587. The van der Waals surface area contributed by atoms with Crippen molar-refractivity contribution in [3.63, 3.8) is 0 Å². The van der Waals surface area contributed by atoms with E-state index in [1.807, 2.05) is 24.0 Å². The van der Waals surface area contributed by atoms with Crippen LogP contribution in [0.5, 0.6) is 0 Å². The molecule has 1 aromatic heterocycles. The number of thiophene rings is 1. The molecule has 0 aliphatic carbocycles. The van der Waals surface area contributed by atoms with Crippen LogP contribution in [0.3, 0.4) is 0 Å². The minimum absolute atomic E-state index is 0.0349. The van der Waals surface area contributed by atoms with Crippen molar-refractivity contribution in [2.75, 3.05) is 13.1 Å². The van der Waals surface area contributed by atoms with Crippen molar-refractivity contribution in [3.8, 4) is 0 Å². The van der Waals surface area contributed by atoms with Crippen molar-refractivity contribution in [1.82, 2.24) is 9.80 Å². The summed E-state index contributed by atoms with van der Waals surface area (Å²) in [5.41, 5.74) is 3.49. The summed E-state index contributed by atoms with van der Waals surface area (Å²) in [5.74, 6) is 0.100. The summed E-state index contributed by atoms with van der Waals surface area (Å²) in [5, 5.41) is 2.13. The van der Waals surface area contributed by atoms with Gasteiger partial charge in [0, 0.05) is 23.9 Å². The first-order chi connectivity index (χ1) is 14.6. The van der Waals surface area contributed by atoms with E-state index in [4.69, 9.17) is 0 Å². The van der Waals surface area contributed by atoms with E-state index in [0.29, 0.717) is 13.0 Å². The van der Waals surface area contributed by atoms with E-state index in [2.05, 4.69) is 58.2 Å². The summed E-state index contributed by atoms with van der Waals surface area (Å²) in [4.78, 5) is 31.9. The topological polar surface area (TPSA) is 40.6 Å². The molecule has 0 saturated carbocycles. The average molecular weight is 441 g/mol. The van der Waals surface area contributed by atoms with Crippen molar-refractivity contribution in [2.24, 2.45) is 5.41 Å². The molecule has 0 spiro atoms. The Hall–Kier alpha value is -2.14. The van der Waals surface area contributed by atoms with Gasteiger partial charge in [-0.05, 0) is 60.2 Å². The van der Waals surface area contributed by atoms with Gasteiger partial charge in [0.05, 0.1) is 6.04 Å². The monoisotopic (exact) mass is 440 g/mol. The molecule has 4 nitrogen and oxygen atoms in total. The van der Waals surface area contributed by atoms with Crippen LogP contribution in [-0.2, 0) is 16.0 Å². The van der Waals surface area contributed by atoms with E-state index >= 15 is 0 Å². The SMILES string of the molecule is CCC(C)N(CC(=O)N1CCc2sccc2C1c1ccccc1C)C(=O)CC(C)(C)C. The van der Waals surface area contributed by atoms with Crippen LogP contribution < -0.4 is 0 Å². The van der Waals surface area contributed by atoms with Crippen LogP contribution in [0.2, 0.25) is 0 Å². The van der Waals surface area contributed by atoms with Gasteiger partial charge in [0.15, 0.2) is 0 Å². The fraction of sp³-hybridized carbons (Fsp3) is 0.538. The standard InChI is InChI=1S/C26H36N2O2S/c1-7-19(3)28(23(29)16-26(4,5)6)17-24(30)27-14-12-22-21(13-15-31-22)25(27)20-11-9-8-10-18(20)2/h8-11,13,15,19,25H,7,12,14,16-17H2,1-6H3. The number of benzene rings is 1. The third-order valence-electron chi connectivity index (χ3n) is 6.20. The molecule has 1 aliphatic rings. The molecule has 1 aromatic carbocycles. The molecule has 2 amide bonds. The highest BCUT2D eigenvalue weighted by molar-refractivity contribution is 7.10. The maximum absolute atomic E-state index is 13.7. The fourth-order valence-electron chi connectivity index (χ4n) is 4.32. The number of rotatable bonds is 6. The minimum atomic E-state index is -0.105. The molecule has 2 aromatic rings. The third kappa shape index (κ3) is 5.38. The zero-order chi connectivity index (χ0) is 22.8. The Balaban J connectivity index is 1.91. The Bertz CT molecular complexity index is 927. The van der Waals surface area contributed by atoms with Crippen molar-refractivity contribution in [1.29, 1.82) is 0 Å². The van der Waals surface area contributed by atoms with Gasteiger partial charge in [-0.2, -0.15) is 0 Å². The van der Waals surface area contributed by atoms with Gasteiger partial charge in [-0.25, -0.2) is 0 Å². The molecule has 2 unspecified atom stereocenters. The lowest BCUT2D eigenvalue weighted by Gasteiger charge is -2.39. The van der Waals surface area contributed by atoms with Crippen LogP contribution >= 0.6 is 11.3 Å². The third-order valence-corrected chi connectivity index (χ3v) is 7.20. The number of carbonyl (C=O) groups is 2. The summed E-state index contributed by atoms with van der Waals surface area (Å²) in [6.07, 6.45) is 2.15. The summed E-state index contributed by atoms with van der Waals surface area (Å²) in [6, 6.07) is 10.4. The van der Waals surface area contributed by atoms with Crippen molar-refractivity contribution in [2.45, 2.75) is 72.9 Å². The van der Waals surface area contributed by atoms with Crippen molar-refractivity contribution >= 4 is 23.2 Å². The molecular weight excluding hydrogens is 404 g/mol. The minimum Gasteiger partial charge on any atom is -0.331 e. The molecule has 2 heterocycles. The molecule has 0 radical (unpaired) electrons. The van der Waals surface area contributed by atoms with Gasteiger partial charge in [-0.1, -0.05) is 52.0 Å². The highest BCUT2D eigenvalue weighted by Crippen LogP contribution is 2.39. The van der Waals surface area contributed by atoms with E-state index in [1.54, 1.807) is 16.2 Å². The first kappa shape index (κ1) is 23.5.